The Bertz CT molecular complexity index is 2410. The molecule has 6 N–H and O–H groups in total. The number of pyridine rings is 1. The number of anilines is 2. The fraction of sp³-hybridized carbons (Fsp3) is 0.359. The molecule has 5 heterocycles. The first-order valence-corrected chi connectivity index (χ1v) is 18.7. The molecule has 0 spiro atoms. The van der Waals surface area contributed by atoms with Crippen LogP contribution in [0.1, 0.15) is 102 Å². The van der Waals surface area contributed by atoms with Crippen molar-refractivity contribution in [1.29, 1.82) is 0 Å². The molecule has 0 aliphatic carbocycles. The minimum Gasteiger partial charge on any atom is -0.492 e. The largest absolute Gasteiger partial charge is 0.492 e. The van der Waals surface area contributed by atoms with Crippen molar-refractivity contribution in [2.45, 2.75) is 87.5 Å². The van der Waals surface area contributed by atoms with E-state index in [1.54, 1.807) is 43.6 Å². The maximum atomic E-state index is 13.7. The van der Waals surface area contributed by atoms with Gasteiger partial charge in [-0.05, 0) is 78.3 Å². The fourth-order valence-corrected chi connectivity index (χ4v) is 6.12. The number of ether oxygens (including phenoxy) is 1. The zero-order valence-electron chi connectivity index (χ0n) is 33.3. The molecule has 5 aromatic rings. The van der Waals surface area contributed by atoms with E-state index in [-0.39, 0.29) is 30.5 Å². The second-order valence-corrected chi connectivity index (χ2v) is 13.3. The van der Waals surface area contributed by atoms with E-state index >= 15 is 0 Å². The number of carbonyl (C=O) groups is 4. The number of rotatable bonds is 18. The lowest BCUT2D eigenvalue weighted by Crippen LogP contribution is -2.20. The molecule has 18 nitrogen and oxygen atoms in total. The van der Waals surface area contributed by atoms with Gasteiger partial charge in [0.2, 0.25) is 23.7 Å². The summed E-state index contributed by atoms with van der Waals surface area (Å²) in [5.74, 6) is -1.32. The van der Waals surface area contributed by atoms with E-state index in [9.17, 15) is 19.2 Å². The highest BCUT2D eigenvalue weighted by Gasteiger charge is 2.24. The summed E-state index contributed by atoms with van der Waals surface area (Å²) in [6.45, 7) is 14.9. The number of imidazole rings is 2. The van der Waals surface area contributed by atoms with Gasteiger partial charge in [0.05, 0.1) is 29.3 Å². The van der Waals surface area contributed by atoms with Crippen LogP contribution < -0.4 is 22.1 Å². The van der Waals surface area contributed by atoms with Crippen molar-refractivity contribution in [1.82, 2.24) is 43.6 Å². The molecule has 0 saturated carbocycles. The smallest absolute Gasteiger partial charge is 0.276 e. The van der Waals surface area contributed by atoms with Gasteiger partial charge in [0.1, 0.15) is 28.4 Å². The highest BCUT2D eigenvalue weighted by Crippen LogP contribution is 2.28. The van der Waals surface area contributed by atoms with Crippen LogP contribution in [0.25, 0.3) is 23.0 Å². The number of allylic oxidation sites excluding steroid dienone is 3. The minimum absolute atomic E-state index is 0.165. The predicted octanol–water partition coefficient (Wildman–Crippen LogP) is 4.60. The average molecular weight is 780 g/mol. The Morgan fingerprint density at radius 1 is 0.877 bits per heavy atom. The van der Waals surface area contributed by atoms with Gasteiger partial charge in [-0.3, -0.25) is 43.7 Å². The quantitative estimate of drug-likeness (QED) is 0.0417. The molecular formula is C39H49N13O5. The summed E-state index contributed by atoms with van der Waals surface area (Å²) in [4.78, 5) is 65.1. The van der Waals surface area contributed by atoms with Gasteiger partial charge < -0.3 is 20.8 Å². The van der Waals surface area contributed by atoms with Gasteiger partial charge in [0.25, 0.3) is 11.8 Å². The van der Waals surface area contributed by atoms with Crippen molar-refractivity contribution in [3.05, 3.63) is 87.9 Å². The highest BCUT2D eigenvalue weighted by atomic mass is 16.5. The van der Waals surface area contributed by atoms with Crippen LogP contribution in [0.2, 0.25) is 0 Å². The first-order valence-electron chi connectivity index (χ1n) is 18.7. The van der Waals surface area contributed by atoms with Gasteiger partial charge in [-0.1, -0.05) is 25.0 Å². The number of nitrogens with one attached hydrogen (secondary N) is 2. The zero-order chi connectivity index (χ0) is 41.4. The molecule has 0 unspecified atom stereocenters. The number of unbranched alkanes of at least 4 members (excludes halogenated alkanes) is 1. The van der Waals surface area contributed by atoms with Crippen LogP contribution in [0, 0.1) is 13.8 Å². The number of carbonyl (C=O) groups excluding carboxylic acids is 4. The van der Waals surface area contributed by atoms with Crippen LogP contribution in [0.4, 0.5) is 11.9 Å². The van der Waals surface area contributed by atoms with Gasteiger partial charge in [-0.2, -0.15) is 10.2 Å². The summed E-state index contributed by atoms with van der Waals surface area (Å²) >= 11 is 0. The van der Waals surface area contributed by atoms with Crippen molar-refractivity contribution in [3.63, 3.8) is 0 Å². The standard InChI is InChI=1S/C39H49N13O5/c1-8-12-17-57-31(9-2)33-27(13-14-32(40)53)43-38(45-36(55)29-18-24(6)47-51(29)10-3)49(33)16-15-23(5)22-50-35-28(20-26(21-42-35)34(41)54)44-39(50)46-37(56)30-19-25(7)48-52(30)11-4/h9,13-15,18-21H,8,10-12,16-17,22H2,1-7H3,(H2,40,53)(H2,41,54)(H,43,45,55)(H,44,46,56)/b14-13+,23-15+,31-9+. The van der Waals surface area contributed by atoms with E-state index in [4.69, 9.17) is 21.2 Å². The number of aryl methyl sites for hydroxylation is 4. The molecule has 0 fully saturated rings. The summed E-state index contributed by atoms with van der Waals surface area (Å²) in [7, 11) is 0. The number of amides is 4. The molecule has 57 heavy (non-hydrogen) atoms. The maximum Gasteiger partial charge on any atom is 0.276 e. The molecule has 0 aliphatic rings. The van der Waals surface area contributed by atoms with Crippen molar-refractivity contribution in [2.75, 3.05) is 17.2 Å². The van der Waals surface area contributed by atoms with Gasteiger partial charge in [0.15, 0.2) is 5.65 Å². The molecule has 0 saturated heterocycles. The van der Waals surface area contributed by atoms with Crippen LogP contribution in [0.3, 0.4) is 0 Å². The number of aromatic nitrogens is 9. The Morgan fingerprint density at radius 3 is 2.04 bits per heavy atom. The Kier molecular flexibility index (Phi) is 13.2. The van der Waals surface area contributed by atoms with Crippen molar-refractivity contribution >= 4 is 58.5 Å². The van der Waals surface area contributed by atoms with Crippen LogP contribution >= 0.6 is 0 Å². The topological polar surface area (TPSA) is 238 Å². The lowest BCUT2D eigenvalue weighted by molar-refractivity contribution is -0.113. The third-order valence-corrected chi connectivity index (χ3v) is 8.87. The Morgan fingerprint density at radius 2 is 1.49 bits per heavy atom. The third-order valence-electron chi connectivity index (χ3n) is 8.87. The van der Waals surface area contributed by atoms with Gasteiger partial charge in [0, 0.05) is 38.5 Å². The van der Waals surface area contributed by atoms with Crippen molar-refractivity contribution in [3.8, 4) is 0 Å². The highest BCUT2D eigenvalue weighted by molar-refractivity contribution is 6.04. The van der Waals surface area contributed by atoms with E-state index in [0.29, 0.717) is 70.8 Å². The molecule has 0 radical (unpaired) electrons. The monoisotopic (exact) mass is 779 g/mol. The number of fused-ring (bicyclic) bond motifs is 1. The second kappa shape index (κ2) is 18.2. The van der Waals surface area contributed by atoms with E-state index in [1.807, 2.05) is 40.7 Å². The first-order chi connectivity index (χ1) is 27.3. The van der Waals surface area contributed by atoms with E-state index in [2.05, 4.69) is 37.7 Å². The minimum atomic E-state index is -0.672. The third kappa shape index (κ3) is 9.52. The lowest BCUT2D eigenvalue weighted by atomic mass is 10.2. The Hall–Kier alpha value is -6.85. The van der Waals surface area contributed by atoms with E-state index < -0.39 is 23.6 Å². The van der Waals surface area contributed by atoms with E-state index in [1.165, 1.54) is 24.4 Å². The number of nitrogens with two attached hydrogens (primary N) is 2. The Labute approximate surface area is 329 Å². The van der Waals surface area contributed by atoms with E-state index in [0.717, 1.165) is 18.4 Å². The maximum absolute atomic E-state index is 13.7. The summed E-state index contributed by atoms with van der Waals surface area (Å²) in [5, 5.41) is 14.6. The van der Waals surface area contributed by atoms with Gasteiger partial charge in [-0.15, -0.1) is 0 Å². The summed E-state index contributed by atoms with van der Waals surface area (Å²) in [5.41, 5.74) is 15.7. The number of hydrogen-bond acceptors (Lipinski definition) is 10. The van der Waals surface area contributed by atoms with Gasteiger partial charge in [-0.25, -0.2) is 15.0 Å². The number of nitrogens with zero attached hydrogens (tertiary/aromatic N) is 9. The average Bonchev–Trinajstić information content (AvgIpc) is 3.94. The molecule has 0 aliphatic heterocycles. The molecule has 18 heteroatoms. The first kappa shape index (κ1) is 41.3. The Balaban J connectivity index is 1.58. The molecular weight excluding hydrogens is 731 g/mol. The summed E-state index contributed by atoms with van der Waals surface area (Å²) in [6, 6.07) is 4.90. The molecule has 300 valence electrons. The van der Waals surface area contributed by atoms with Gasteiger partial charge >= 0.3 is 0 Å². The van der Waals surface area contributed by atoms with Crippen molar-refractivity contribution < 1.29 is 23.9 Å². The van der Waals surface area contributed by atoms with Crippen LogP contribution in [0.5, 0.6) is 0 Å². The predicted molar refractivity (Wildman–Crippen MR) is 216 cm³/mol. The SMILES string of the molecule is C/C=C(/OCCCC)c1c(/C=C/C(N)=O)nc(NC(=O)c2cc(C)nn2CC)n1C/C=C(\C)Cn1c(NC(=O)c2cc(C)nn2CC)nc2cc(C(N)=O)cnc21. The molecule has 0 bridgehead atoms. The lowest BCUT2D eigenvalue weighted by Gasteiger charge is -2.16. The molecule has 4 amide bonds. The second-order valence-electron chi connectivity index (χ2n) is 13.3. The normalized spacial score (nSPS) is 12.1. The van der Waals surface area contributed by atoms with Crippen LogP contribution in [0.15, 0.2) is 48.2 Å². The molecule has 5 rings (SSSR count). The number of primary amides is 2. The van der Waals surface area contributed by atoms with Crippen molar-refractivity contribution in [2.24, 2.45) is 11.5 Å². The molecule has 0 aromatic carbocycles. The molecule has 0 atom stereocenters. The molecule has 5 aromatic heterocycles. The summed E-state index contributed by atoms with van der Waals surface area (Å²) < 4.78 is 12.9. The fourth-order valence-electron chi connectivity index (χ4n) is 6.12. The van der Waals surface area contributed by atoms with Crippen LogP contribution in [-0.2, 0) is 35.7 Å². The zero-order valence-corrected chi connectivity index (χ0v) is 33.3. The number of hydrogen-bond donors (Lipinski definition) is 4. The summed E-state index contributed by atoms with van der Waals surface area (Å²) in [6.07, 6.45) is 9.47. The van der Waals surface area contributed by atoms with Crippen LogP contribution in [-0.4, -0.2) is 73.9 Å².